The topological polar surface area (TPSA) is 18.5 Å². The largest absolute Gasteiger partial charge is 0.494 e. The second kappa shape index (κ2) is 10.00. The van der Waals surface area contributed by atoms with E-state index in [0.29, 0.717) is 11.1 Å². The quantitative estimate of drug-likeness (QED) is 0.265. The van der Waals surface area contributed by atoms with Crippen molar-refractivity contribution in [1.82, 2.24) is 0 Å². The molecule has 174 valence electrons. The third-order valence-corrected chi connectivity index (χ3v) is 5.77. The average Bonchev–Trinajstić information content (AvgIpc) is 2.87. The second-order valence-corrected chi connectivity index (χ2v) is 7.78. The number of benzene rings is 4. The van der Waals surface area contributed by atoms with Crippen LogP contribution < -0.4 is 9.47 Å². The first-order valence-electron chi connectivity index (χ1n) is 10.7. The number of halogens is 4. The number of ether oxygens (including phenoxy) is 2. The molecule has 0 fully saturated rings. The molecule has 0 aliphatic rings. The van der Waals surface area contributed by atoms with Gasteiger partial charge in [-0.25, -0.2) is 8.78 Å². The molecule has 0 aromatic heterocycles. The van der Waals surface area contributed by atoms with E-state index in [9.17, 15) is 17.6 Å². The Morgan fingerprint density at radius 1 is 0.471 bits per heavy atom. The van der Waals surface area contributed by atoms with Gasteiger partial charge in [-0.1, -0.05) is 48.5 Å². The molecule has 0 aliphatic carbocycles. The number of rotatable bonds is 7. The van der Waals surface area contributed by atoms with Crippen LogP contribution in [0.5, 0.6) is 11.5 Å². The molecule has 0 saturated heterocycles. The van der Waals surface area contributed by atoms with Crippen LogP contribution in [0.15, 0.2) is 72.8 Å². The molecule has 34 heavy (non-hydrogen) atoms. The van der Waals surface area contributed by atoms with Gasteiger partial charge in [0.25, 0.3) is 0 Å². The van der Waals surface area contributed by atoms with Gasteiger partial charge in [-0.3, -0.25) is 0 Å². The van der Waals surface area contributed by atoms with E-state index in [0.717, 1.165) is 24.0 Å². The molecule has 4 aromatic rings. The third kappa shape index (κ3) is 4.62. The maximum Gasteiger partial charge on any atom is 0.201 e. The minimum Gasteiger partial charge on any atom is -0.494 e. The Balaban J connectivity index is 1.44. The van der Waals surface area contributed by atoms with Crippen LogP contribution >= 0.6 is 0 Å². The monoisotopic (exact) mass is 466 g/mol. The summed E-state index contributed by atoms with van der Waals surface area (Å²) in [6.45, 7) is 0. The Labute approximate surface area is 195 Å². The van der Waals surface area contributed by atoms with Gasteiger partial charge in [-0.05, 0) is 59.4 Å². The van der Waals surface area contributed by atoms with Crippen LogP contribution in [-0.4, -0.2) is 14.2 Å². The van der Waals surface area contributed by atoms with Gasteiger partial charge in [-0.2, -0.15) is 8.78 Å². The fourth-order valence-corrected chi connectivity index (χ4v) is 3.82. The third-order valence-electron chi connectivity index (χ3n) is 5.77. The lowest BCUT2D eigenvalue weighted by Crippen LogP contribution is -1.96. The number of hydrogen-bond acceptors (Lipinski definition) is 2. The maximum absolute atomic E-state index is 14.3. The summed E-state index contributed by atoms with van der Waals surface area (Å²) in [6, 6.07) is 20.3. The normalized spacial score (nSPS) is 10.9. The molecule has 4 rings (SSSR count). The number of methoxy groups -OCH3 is 2. The molecule has 0 amide bonds. The fourth-order valence-electron chi connectivity index (χ4n) is 3.82. The predicted octanol–water partition coefficient (Wildman–Crippen LogP) is 7.38. The van der Waals surface area contributed by atoms with Gasteiger partial charge in [0.15, 0.2) is 23.1 Å². The van der Waals surface area contributed by atoms with E-state index < -0.39 is 23.3 Å². The van der Waals surface area contributed by atoms with Gasteiger partial charge in [0.1, 0.15) is 0 Å². The molecule has 0 unspecified atom stereocenters. The van der Waals surface area contributed by atoms with Crippen LogP contribution in [0.4, 0.5) is 17.6 Å². The molecule has 6 heteroatoms. The highest BCUT2D eigenvalue weighted by Gasteiger charge is 2.16. The highest BCUT2D eigenvalue weighted by Crippen LogP contribution is 2.31. The summed E-state index contributed by atoms with van der Waals surface area (Å²) in [4.78, 5) is 0. The Morgan fingerprint density at radius 2 is 0.824 bits per heavy atom. The second-order valence-electron chi connectivity index (χ2n) is 7.78. The van der Waals surface area contributed by atoms with E-state index in [1.54, 1.807) is 24.3 Å². The van der Waals surface area contributed by atoms with Gasteiger partial charge in [-0.15, -0.1) is 0 Å². The van der Waals surface area contributed by atoms with E-state index in [4.69, 9.17) is 9.47 Å². The molecule has 0 radical (unpaired) electrons. The lowest BCUT2D eigenvalue weighted by Gasteiger charge is -2.10. The first kappa shape index (κ1) is 23.4. The summed E-state index contributed by atoms with van der Waals surface area (Å²) in [7, 11) is 2.58. The fraction of sp³-hybridized carbons (Fsp3) is 0.143. The van der Waals surface area contributed by atoms with Crippen molar-refractivity contribution in [2.75, 3.05) is 14.2 Å². The summed E-state index contributed by atoms with van der Waals surface area (Å²) in [5.41, 5.74) is 3.54. The predicted molar refractivity (Wildman–Crippen MR) is 124 cm³/mol. The maximum atomic E-state index is 14.3. The molecular formula is C28H22F4O2. The molecule has 4 aromatic carbocycles. The van der Waals surface area contributed by atoms with E-state index in [1.165, 1.54) is 38.5 Å². The van der Waals surface area contributed by atoms with Crippen molar-refractivity contribution in [3.8, 4) is 33.8 Å². The summed E-state index contributed by atoms with van der Waals surface area (Å²) < 4.78 is 66.3. The molecule has 0 saturated carbocycles. The van der Waals surface area contributed by atoms with Crippen LogP contribution in [0.3, 0.4) is 0 Å². The van der Waals surface area contributed by atoms with Crippen molar-refractivity contribution in [3.63, 3.8) is 0 Å². The molecule has 0 aliphatic heterocycles. The zero-order chi connectivity index (χ0) is 24.2. The molecule has 0 spiro atoms. The van der Waals surface area contributed by atoms with Crippen LogP contribution in [-0.2, 0) is 12.8 Å². The highest BCUT2D eigenvalue weighted by atomic mass is 19.2. The van der Waals surface area contributed by atoms with Crippen molar-refractivity contribution in [3.05, 3.63) is 107 Å². The van der Waals surface area contributed by atoms with E-state index in [2.05, 4.69) is 0 Å². The Hall–Kier alpha value is -3.80. The van der Waals surface area contributed by atoms with Crippen LogP contribution in [0.2, 0.25) is 0 Å². The summed E-state index contributed by atoms with van der Waals surface area (Å²) in [5, 5.41) is 0. The Kier molecular flexibility index (Phi) is 6.87. The van der Waals surface area contributed by atoms with Gasteiger partial charge < -0.3 is 9.47 Å². The summed E-state index contributed by atoms with van der Waals surface area (Å²) in [6.07, 6.45) is 1.45. The van der Waals surface area contributed by atoms with Crippen LogP contribution in [0, 0.1) is 23.3 Å². The highest BCUT2D eigenvalue weighted by molar-refractivity contribution is 5.66. The average molecular weight is 466 g/mol. The van der Waals surface area contributed by atoms with Crippen LogP contribution in [0.25, 0.3) is 22.3 Å². The zero-order valence-electron chi connectivity index (χ0n) is 18.7. The van der Waals surface area contributed by atoms with Gasteiger partial charge in [0.05, 0.1) is 14.2 Å². The lowest BCUT2D eigenvalue weighted by molar-refractivity contribution is 0.372. The number of hydrogen-bond donors (Lipinski definition) is 0. The number of aryl methyl sites for hydroxylation is 2. The van der Waals surface area contributed by atoms with E-state index >= 15 is 0 Å². The molecule has 0 heterocycles. The minimum absolute atomic E-state index is 0.135. The lowest BCUT2D eigenvalue weighted by atomic mass is 9.98. The standard InChI is InChI=1S/C28H22F4O2/c1-33-23-15-13-21(25(29)27(23)31)19-9-5-17(6-10-19)3-4-18-7-11-20(12-8-18)22-14-16-24(34-2)28(32)26(22)30/h5-16H,3-4H2,1-2H3. The Bertz CT molecular complexity index is 1200. The Morgan fingerprint density at radius 3 is 1.15 bits per heavy atom. The molecule has 0 atom stereocenters. The molecule has 0 bridgehead atoms. The van der Waals surface area contributed by atoms with Crippen molar-refractivity contribution >= 4 is 0 Å². The van der Waals surface area contributed by atoms with Crippen molar-refractivity contribution in [2.45, 2.75) is 12.8 Å². The van der Waals surface area contributed by atoms with Gasteiger partial charge in [0.2, 0.25) is 11.6 Å². The SMILES string of the molecule is COc1ccc(-c2ccc(CCc3ccc(-c4ccc(OC)c(F)c4F)cc3)cc2)c(F)c1F. The van der Waals surface area contributed by atoms with E-state index in [1.807, 2.05) is 24.3 Å². The summed E-state index contributed by atoms with van der Waals surface area (Å²) >= 11 is 0. The van der Waals surface area contributed by atoms with Crippen LogP contribution in [0.1, 0.15) is 11.1 Å². The first-order chi connectivity index (χ1) is 16.4. The molecular weight excluding hydrogens is 444 g/mol. The smallest absolute Gasteiger partial charge is 0.201 e. The van der Waals surface area contributed by atoms with Gasteiger partial charge >= 0.3 is 0 Å². The van der Waals surface area contributed by atoms with Crippen molar-refractivity contribution in [2.24, 2.45) is 0 Å². The van der Waals surface area contributed by atoms with E-state index in [-0.39, 0.29) is 22.6 Å². The van der Waals surface area contributed by atoms with Gasteiger partial charge in [0, 0.05) is 11.1 Å². The minimum atomic E-state index is -1.01. The first-order valence-corrected chi connectivity index (χ1v) is 10.7. The summed E-state index contributed by atoms with van der Waals surface area (Å²) in [5.74, 6) is -4.18. The zero-order valence-corrected chi connectivity index (χ0v) is 18.7. The molecule has 0 N–H and O–H groups in total. The molecule has 2 nitrogen and oxygen atoms in total. The van der Waals surface area contributed by atoms with Crippen molar-refractivity contribution in [1.29, 1.82) is 0 Å². The van der Waals surface area contributed by atoms with Crippen molar-refractivity contribution < 1.29 is 27.0 Å².